The average Bonchev–Trinajstić information content (AvgIpc) is 2.44. The van der Waals surface area contributed by atoms with Crippen molar-refractivity contribution in [3.05, 3.63) is 34.3 Å². The van der Waals surface area contributed by atoms with Crippen LogP contribution in [0.1, 0.15) is 24.5 Å². The molecule has 0 aliphatic carbocycles. The summed E-state index contributed by atoms with van der Waals surface area (Å²) in [7, 11) is 0. The van der Waals surface area contributed by atoms with E-state index >= 15 is 0 Å². The fraction of sp³-hybridized carbons (Fsp3) is 0.462. The molecule has 4 N–H and O–H groups in total. The Morgan fingerprint density at radius 3 is 2.48 bits per heavy atom. The highest BCUT2D eigenvalue weighted by molar-refractivity contribution is 7.80. The minimum Gasteiger partial charge on any atom is -0.395 e. The fourth-order valence-corrected chi connectivity index (χ4v) is 1.69. The number of alkyl halides is 3. The third kappa shape index (κ3) is 7.61. The minimum atomic E-state index is -4.41. The molecule has 0 saturated carbocycles. The Hall–Kier alpha value is -0.890. The molecule has 120 valence electrons. The molecule has 0 aliphatic heterocycles. The van der Waals surface area contributed by atoms with Crippen molar-refractivity contribution < 1.29 is 18.3 Å². The second kappa shape index (κ2) is 9.94. The average molecular weight is 343 g/mol. The first-order chi connectivity index (χ1) is 9.77. The van der Waals surface area contributed by atoms with E-state index in [0.717, 1.165) is 17.5 Å². The van der Waals surface area contributed by atoms with E-state index in [4.69, 9.17) is 34.7 Å². The number of rotatable bonds is 4. The van der Waals surface area contributed by atoms with Crippen LogP contribution in [0.5, 0.6) is 0 Å². The number of nitrogens with two attached hydrogens (primary N) is 1. The van der Waals surface area contributed by atoms with Crippen LogP contribution in [0.2, 0.25) is 5.02 Å². The van der Waals surface area contributed by atoms with Gasteiger partial charge < -0.3 is 16.2 Å². The molecule has 1 aromatic rings. The lowest BCUT2D eigenvalue weighted by Gasteiger charge is -2.10. The van der Waals surface area contributed by atoms with Gasteiger partial charge in [0.15, 0.2) is 0 Å². The summed E-state index contributed by atoms with van der Waals surface area (Å²) in [6, 6.07) is 3.69. The number of aliphatic hydroxyl groups excluding tert-OH is 1. The number of benzene rings is 1. The third-order valence-corrected chi connectivity index (χ3v) is 3.24. The third-order valence-electron chi connectivity index (χ3n) is 2.36. The van der Waals surface area contributed by atoms with Gasteiger partial charge in [-0.05, 0) is 18.1 Å². The molecule has 0 fully saturated rings. The molecule has 8 heteroatoms. The van der Waals surface area contributed by atoms with Crippen LogP contribution in [0, 0.1) is 0 Å². The summed E-state index contributed by atoms with van der Waals surface area (Å²) in [5, 5.41) is 10.8. The molecule has 1 aromatic carbocycles. The predicted molar refractivity (Wildman–Crippen MR) is 82.3 cm³/mol. The molecule has 21 heavy (non-hydrogen) atoms. The highest BCUT2D eigenvalue weighted by atomic mass is 35.5. The van der Waals surface area contributed by atoms with Gasteiger partial charge in [-0.1, -0.05) is 42.9 Å². The van der Waals surface area contributed by atoms with Crippen molar-refractivity contribution in [3.8, 4) is 0 Å². The Labute approximate surface area is 132 Å². The van der Waals surface area contributed by atoms with E-state index in [2.05, 4.69) is 5.32 Å². The van der Waals surface area contributed by atoms with Crippen LogP contribution in [-0.2, 0) is 12.7 Å². The van der Waals surface area contributed by atoms with Crippen LogP contribution >= 0.6 is 23.8 Å². The van der Waals surface area contributed by atoms with Crippen LogP contribution in [0.4, 0.5) is 13.2 Å². The van der Waals surface area contributed by atoms with Gasteiger partial charge in [0, 0.05) is 13.1 Å². The molecule has 0 heterocycles. The summed E-state index contributed by atoms with van der Waals surface area (Å²) >= 11 is 10.3. The van der Waals surface area contributed by atoms with Crippen molar-refractivity contribution in [2.45, 2.75) is 26.1 Å². The Morgan fingerprint density at radius 1 is 1.43 bits per heavy atom. The van der Waals surface area contributed by atoms with Gasteiger partial charge in [-0.2, -0.15) is 13.2 Å². The Kier molecular flexibility index (Phi) is 9.52. The molecule has 0 atom stereocenters. The quantitative estimate of drug-likeness (QED) is 0.736. The van der Waals surface area contributed by atoms with Crippen molar-refractivity contribution in [3.63, 3.8) is 0 Å². The molecular formula is C13H18ClF3N2OS. The molecule has 0 saturated heterocycles. The molecule has 0 aromatic heterocycles. The molecule has 0 unspecified atom stereocenters. The first kappa shape index (κ1) is 20.1. The molecule has 0 spiro atoms. The standard InChI is InChI=1S/C8H7ClF3N.C5H11NOS/c9-7-5(4-13)2-1-3-6(7)8(10,11)12;1-2-5(8)6-3-4-7/h1-3H,4,13H2;7H,2-4H2,1H3,(H,6,8). The van der Waals surface area contributed by atoms with Crippen molar-refractivity contribution in [1.29, 1.82) is 0 Å². The topological polar surface area (TPSA) is 58.3 Å². The van der Waals surface area contributed by atoms with Gasteiger partial charge in [0.2, 0.25) is 0 Å². The van der Waals surface area contributed by atoms with Gasteiger partial charge in [0.05, 0.1) is 22.2 Å². The van der Waals surface area contributed by atoms with E-state index < -0.39 is 11.7 Å². The smallest absolute Gasteiger partial charge is 0.395 e. The lowest BCUT2D eigenvalue weighted by Crippen LogP contribution is -2.23. The van der Waals surface area contributed by atoms with Crippen molar-refractivity contribution >= 4 is 28.8 Å². The summed E-state index contributed by atoms with van der Waals surface area (Å²) in [4.78, 5) is 0.819. The largest absolute Gasteiger partial charge is 0.417 e. The molecule has 0 aliphatic rings. The normalized spacial score (nSPS) is 10.6. The van der Waals surface area contributed by atoms with Crippen molar-refractivity contribution in [2.24, 2.45) is 5.73 Å². The van der Waals surface area contributed by atoms with E-state index in [9.17, 15) is 13.2 Å². The monoisotopic (exact) mass is 342 g/mol. The van der Waals surface area contributed by atoms with Gasteiger partial charge in [-0.3, -0.25) is 0 Å². The van der Waals surface area contributed by atoms with Gasteiger partial charge in [-0.25, -0.2) is 0 Å². The number of hydrogen-bond acceptors (Lipinski definition) is 3. The number of halogens is 4. The first-order valence-corrected chi connectivity index (χ1v) is 6.98. The van der Waals surface area contributed by atoms with E-state index in [-0.39, 0.29) is 18.2 Å². The van der Waals surface area contributed by atoms with E-state index in [1.165, 1.54) is 12.1 Å². The van der Waals surface area contributed by atoms with Crippen LogP contribution in [-0.4, -0.2) is 23.2 Å². The van der Waals surface area contributed by atoms with E-state index in [1.807, 2.05) is 6.92 Å². The highest BCUT2D eigenvalue weighted by Crippen LogP contribution is 2.35. The fourth-order valence-electron chi connectivity index (χ4n) is 1.28. The molecule has 1 rings (SSSR count). The molecule has 3 nitrogen and oxygen atoms in total. The molecule has 0 amide bonds. The van der Waals surface area contributed by atoms with Gasteiger partial charge >= 0.3 is 6.18 Å². The zero-order valence-corrected chi connectivity index (χ0v) is 13.1. The summed E-state index contributed by atoms with van der Waals surface area (Å²) < 4.78 is 36.7. The first-order valence-electron chi connectivity index (χ1n) is 6.20. The summed E-state index contributed by atoms with van der Waals surface area (Å²) in [5.74, 6) is 0. The van der Waals surface area contributed by atoms with E-state index in [0.29, 0.717) is 12.1 Å². The van der Waals surface area contributed by atoms with E-state index in [1.54, 1.807) is 0 Å². The highest BCUT2D eigenvalue weighted by Gasteiger charge is 2.33. The Balaban J connectivity index is 0.000000433. The molecule has 0 bridgehead atoms. The molecule has 0 radical (unpaired) electrons. The SMILES string of the molecule is CCC(=S)NCCO.NCc1cccc(C(F)(F)F)c1Cl. The minimum absolute atomic E-state index is 0.00273. The lowest BCUT2D eigenvalue weighted by atomic mass is 10.1. The van der Waals surface area contributed by atoms with Crippen molar-refractivity contribution in [2.75, 3.05) is 13.2 Å². The zero-order valence-electron chi connectivity index (χ0n) is 11.5. The van der Waals surface area contributed by atoms with Crippen molar-refractivity contribution in [1.82, 2.24) is 5.32 Å². The van der Waals surface area contributed by atoms with Crippen LogP contribution in [0.3, 0.4) is 0 Å². The maximum atomic E-state index is 12.2. The predicted octanol–water partition coefficient (Wildman–Crippen LogP) is 3.12. The lowest BCUT2D eigenvalue weighted by molar-refractivity contribution is -0.137. The number of nitrogens with one attached hydrogen (secondary N) is 1. The number of hydrogen-bond donors (Lipinski definition) is 3. The molecular weight excluding hydrogens is 325 g/mol. The van der Waals surface area contributed by atoms with Gasteiger partial charge in [0.25, 0.3) is 0 Å². The van der Waals surface area contributed by atoms with Crippen LogP contribution in [0.25, 0.3) is 0 Å². The Morgan fingerprint density at radius 2 is 2.05 bits per heavy atom. The van der Waals surface area contributed by atoms with Crippen LogP contribution < -0.4 is 11.1 Å². The summed E-state index contributed by atoms with van der Waals surface area (Å²) in [6.07, 6.45) is -3.56. The summed E-state index contributed by atoms with van der Waals surface area (Å²) in [5.41, 5.74) is 4.68. The van der Waals surface area contributed by atoms with Gasteiger partial charge in [-0.15, -0.1) is 0 Å². The second-order valence-corrected chi connectivity index (χ2v) is 4.78. The maximum absolute atomic E-state index is 12.2. The zero-order chi connectivity index (χ0) is 16.5. The van der Waals surface area contributed by atoms with Gasteiger partial charge in [0.1, 0.15) is 0 Å². The summed E-state index contributed by atoms with van der Waals surface area (Å²) in [6.45, 7) is 2.71. The second-order valence-electron chi connectivity index (χ2n) is 3.91. The maximum Gasteiger partial charge on any atom is 0.417 e. The Bertz CT molecular complexity index is 456. The van der Waals surface area contributed by atoms with Crippen LogP contribution in [0.15, 0.2) is 18.2 Å². The number of thiocarbonyl (C=S) groups is 1. The number of aliphatic hydroxyl groups is 1.